The van der Waals surface area contributed by atoms with Crippen LogP contribution in [0.2, 0.25) is 0 Å². The second-order valence-corrected chi connectivity index (χ2v) is 10.4. The van der Waals surface area contributed by atoms with E-state index in [1.807, 2.05) is 42.5 Å². The summed E-state index contributed by atoms with van der Waals surface area (Å²) >= 11 is 1.40. The van der Waals surface area contributed by atoms with Gasteiger partial charge in [0.1, 0.15) is 5.82 Å². The van der Waals surface area contributed by atoms with Crippen LogP contribution in [0.3, 0.4) is 0 Å². The quantitative estimate of drug-likeness (QED) is 0.313. The van der Waals surface area contributed by atoms with E-state index >= 15 is 0 Å². The van der Waals surface area contributed by atoms with Crippen molar-refractivity contribution >= 4 is 32.5 Å². The SMILES string of the molecule is Cc1c2c(=O)n(-c3nc4ccccc4s3)n(Cc3ccc(F)cc3)c2cc(=O)n1Cc1ccc2c(c1)OCO2. The van der Waals surface area contributed by atoms with Crippen LogP contribution in [0.15, 0.2) is 82.4 Å². The molecule has 0 amide bonds. The van der Waals surface area contributed by atoms with E-state index in [4.69, 9.17) is 14.5 Å². The molecule has 7 rings (SSSR count). The highest BCUT2D eigenvalue weighted by Gasteiger charge is 2.23. The third kappa shape index (κ3) is 3.91. The number of fused-ring (bicyclic) bond motifs is 3. The molecule has 3 aromatic carbocycles. The van der Waals surface area contributed by atoms with Crippen molar-refractivity contribution in [2.24, 2.45) is 0 Å². The zero-order chi connectivity index (χ0) is 26.7. The lowest BCUT2D eigenvalue weighted by atomic mass is 10.1. The molecule has 0 radical (unpaired) electrons. The number of ether oxygens (including phenoxy) is 2. The van der Waals surface area contributed by atoms with Crippen LogP contribution in [0.25, 0.3) is 26.3 Å². The van der Waals surface area contributed by atoms with Gasteiger partial charge in [0.25, 0.3) is 11.1 Å². The number of aryl methyl sites for hydroxylation is 1. The molecule has 10 heteroatoms. The molecule has 194 valence electrons. The van der Waals surface area contributed by atoms with E-state index in [0.29, 0.717) is 33.2 Å². The summed E-state index contributed by atoms with van der Waals surface area (Å²) in [4.78, 5) is 32.2. The number of benzene rings is 3. The Bertz CT molecular complexity index is 1990. The summed E-state index contributed by atoms with van der Waals surface area (Å²) in [6.07, 6.45) is 0. The minimum Gasteiger partial charge on any atom is -0.454 e. The first-order chi connectivity index (χ1) is 19.0. The second-order valence-electron chi connectivity index (χ2n) is 9.37. The first-order valence-electron chi connectivity index (χ1n) is 12.3. The highest BCUT2D eigenvalue weighted by Crippen LogP contribution is 2.33. The molecule has 39 heavy (non-hydrogen) atoms. The number of thiazole rings is 1. The van der Waals surface area contributed by atoms with Crippen molar-refractivity contribution in [3.05, 3.63) is 116 Å². The maximum Gasteiger partial charge on any atom is 0.283 e. The van der Waals surface area contributed by atoms with Crippen LogP contribution in [0.1, 0.15) is 16.8 Å². The lowest BCUT2D eigenvalue weighted by Crippen LogP contribution is -2.23. The minimum absolute atomic E-state index is 0.163. The molecule has 6 aromatic rings. The van der Waals surface area contributed by atoms with Crippen LogP contribution in [0.5, 0.6) is 11.5 Å². The first-order valence-corrected chi connectivity index (χ1v) is 13.1. The molecule has 0 bridgehead atoms. The summed E-state index contributed by atoms with van der Waals surface area (Å²) in [7, 11) is 0. The topological polar surface area (TPSA) is 80.3 Å². The van der Waals surface area contributed by atoms with Crippen molar-refractivity contribution in [2.75, 3.05) is 6.79 Å². The Labute approximate surface area is 224 Å². The summed E-state index contributed by atoms with van der Waals surface area (Å²) < 4.78 is 30.3. The molecule has 0 aliphatic carbocycles. The predicted molar refractivity (Wildman–Crippen MR) is 147 cm³/mol. The molecule has 4 heterocycles. The Balaban J connectivity index is 1.43. The van der Waals surface area contributed by atoms with E-state index in [1.54, 1.807) is 28.3 Å². The van der Waals surface area contributed by atoms with Gasteiger partial charge in [-0.2, -0.15) is 4.68 Å². The monoisotopic (exact) mass is 540 g/mol. The molecule has 0 unspecified atom stereocenters. The summed E-state index contributed by atoms with van der Waals surface area (Å²) in [6, 6.07) is 20.8. The summed E-state index contributed by atoms with van der Waals surface area (Å²) in [5, 5.41) is 0.922. The lowest BCUT2D eigenvalue weighted by molar-refractivity contribution is 0.174. The molecule has 0 N–H and O–H groups in total. The van der Waals surface area contributed by atoms with E-state index in [1.165, 1.54) is 34.2 Å². The fourth-order valence-electron chi connectivity index (χ4n) is 5.02. The molecule has 0 fully saturated rings. The van der Waals surface area contributed by atoms with Gasteiger partial charge < -0.3 is 14.0 Å². The number of halogens is 1. The van der Waals surface area contributed by atoms with E-state index < -0.39 is 0 Å². The Morgan fingerprint density at radius 1 is 0.923 bits per heavy atom. The molecule has 1 aliphatic rings. The van der Waals surface area contributed by atoms with Crippen molar-refractivity contribution in [1.82, 2.24) is 18.9 Å². The number of nitrogens with zero attached hydrogens (tertiary/aromatic N) is 4. The first kappa shape index (κ1) is 23.4. The van der Waals surface area contributed by atoms with Gasteiger partial charge in [0, 0.05) is 11.8 Å². The smallest absolute Gasteiger partial charge is 0.283 e. The highest BCUT2D eigenvalue weighted by molar-refractivity contribution is 7.20. The van der Waals surface area contributed by atoms with Crippen LogP contribution in [-0.2, 0) is 13.1 Å². The third-order valence-electron chi connectivity index (χ3n) is 6.96. The maximum absolute atomic E-state index is 14.1. The Morgan fingerprint density at radius 3 is 2.51 bits per heavy atom. The average molecular weight is 541 g/mol. The van der Waals surface area contributed by atoms with Gasteiger partial charge in [0.05, 0.1) is 34.2 Å². The van der Waals surface area contributed by atoms with Gasteiger partial charge in [-0.05, 0) is 54.4 Å². The lowest BCUT2D eigenvalue weighted by Gasteiger charge is -2.13. The zero-order valence-electron chi connectivity index (χ0n) is 20.8. The number of pyridine rings is 1. The van der Waals surface area contributed by atoms with Crippen molar-refractivity contribution in [1.29, 1.82) is 0 Å². The molecule has 0 saturated carbocycles. The van der Waals surface area contributed by atoms with E-state index in [2.05, 4.69) is 0 Å². The predicted octanol–water partition coefficient (Wildman–Crippen LogP) is 4.84. The molecule has 0 spiro atoms. The summed E-state index contributed by atoms with van der Waals surface area (Å²) in [5.41, 5.74) is 2.93. The van der Waals surface area contributed by atoms with Crippen LogP contribution in [0.4, 0.5) is 4.39 Å². The van der Waals surface area contributed by atoms with Crippen molar-refractivity contribution in [3.63, 3.8) is 0 Å². The zero-order valence-corrected chi connectivity index (χ0v) is 21.6. The molecular formula is C29H21FN4O4S. The second kappa shape index (κ2) is 8.95. The fraction of sp³-hybridized carbons (Fsp3) is 0.138. The van der Waals surface area contributed by atoms with Crippen LogP contribution < -0.4 is 20.6 Å². The van der Waals surface area contributed by atoms with Gasteiger partial charge in [0.2, 0.25) is 11.9 Å². The number of hydrogen-bond acceptors (Lipinski definition) is 6. The normalized spacial score (nSPS) is 12.6. The Hall–Kier alpha value is -4.70. The molecule has 0 saturated heterocycles. The van der Waals surface area contributed by atoms with Gasteiger partial charge in [-0.25, -0.2) is 9.37 Å². The van der Waals surface area contributed by atoms with E-state index in [9.17, 15) is 14.0 Å². The Morgan fingerprint density at radius 2 is 1.69 bits per heavy atom. The van der Waals surface area contributed by atoms with Crippen LogP contribution >= 0.6 is 11.3 Å². The van der Waals surface area contributed by atoms with Crippen molar-refractivity contribution < 1.29 is 13.9 Å². The standard InChI is InChI=1S/C29H21FN4O4S/c1-17-27-22(13-26(35)32(17)14-19-8-11-23-24(12-19)38-16-37-23)33(15-18-6-9-20(30)10-7-18)34(28(27)36)29-31-21-4-2-3-5-25(21)39-29/h2-13H,14-16H2,1H3. The van der Waals surface area contributed by atoms with Crippen LogP contribution in [0, 0.1) is 12.7 Å². The third-order valence-corrected chi connectivity index (χ3v) is 7.97. The highest BCUT2D eigenvalue weighted by atomic mass is 32.1. The van der Waals surface area contributed by atoms with Gasteiger partial charge >= 0.3 is 0 Å². The molecule has 0 atom stereocenters. The average Bonchev–Trinajstić information content (AvgIpc) is 3.63. The van der Waals surface area contributed by atoms with E-state index in [0.717, 1.165) is 21.3 Å². The molecular weight excluding hydrogens is 519 g/mol. The number of hydrogen-bond donors (Lipinski definition) is 0. The van der Waals surface area contributed by atoms with E-state index in [-0.39, 0.29) is 36.8 Å². The molecule has 1 aliphatic heterocycles. The summed E-state index contributed by atoms with van der Waals surface area (Å²) in [5.74, 6) is 0.944. The van der Waals surface area contributed by atoms with Gasteiger partial charge in [-0.15, -0.1) is 0 Å². The van der Waals surface area contributed by atoms with Gasteiger partial charge in [0.15, 0.2) is 11.5 Å². The van der Waals surface area contributed by atoms with Gasteiger partial charge in [-0.1, -0.05) is 41.7 Å². The minimum atomic E-state index is -0.345. The molecule has 3 aromatic heterocycles. The van der Waals surface area contributed by atoms with Crippen molar-refractivity contribution in [3.8, 4) is 16.6 Å². The number of para-hydroxylation sites is 1. The summed E-state index contributed by atoms with van der Waals surface area (Å²) in [6.45, 7) is 2.46. The van der Waals surface area contributed by atoms with Gasteiger partial charge in [-0.3, -0.25) is 14.3 Å². The molecule has 8 nitrogen and oxygen atoms in total. The fourth-order valence-corrected chi connectivity index (χ4v) is 6.00. The maximum atomic E-state index is 14.1. The Kier molecular flexibility index (Phi) is 5.38. The van der Waals surface area contributed by atoms with Crippen molar-refractivity contribution in [2.45, 2.75) is 20.0 Å². The number of aromatic nitrogens is 4. The largest absolute Gasteiger partial charge is 0.454 e. The number of rotatable bonds is 5. The van der Waals surface area contributed by atoms with Crippen LogP contribution in [-0.4, -0.2) is 25.7 Å².